The highest BCUT2D eigenvalue weighted by atomic mass is 32.2. The number of fused-ring (bicyclic) bond motifs is 3. The number of carbonyl (C=O) groups is 2. The molecule has 0 unspecified atom stereocenters. The molecule has 0 radical (unpaired) electrons. The number of rotatable bonds is 3. The predicted molar refractivity (Wildman–Crippen MR) is 131 cm³/mol. The highest BCUT2D eigenvalue weighted by Gasteiger charge is 2.48. The van der Waals surface area contributed by atoms with Crippen LogP contribution < -0.4 is 15.2 Å². The maximum atomic E-state index is 13.9. The number of esters is 1. The van der Waals surface area contributed by atoms with Crippen molar-refractivity contribution in [3.8, 4) is 5.75 Å². The van der Waals surface area contributed by atoms with Crippen molar-refractivity contribution >= 4 is 23.6 Å². The average Bonchev–Trinajstić information content (AvgIpc) is 3.02. The maximum Gasteiger partial charge on any atom is 0.408 e. The molecule has 11 heteroatoms. The molecule has 1 aromatic heterocycles. The van der Waals surface area contributed by atoms with Crippen LogP contribution >= 0.6 is 11.8 Å². The number of thioether (sulfide) groups is 1. The van der Waals surface area contributed by atoms with Gasteiger partial charge in [-0.25, -0.2) is 0 Å². The maximum absolute atomic E-state index is 13.9. The largest absolute Gasteiger partial charge is 0.420 e. The Morgan fingerprint density at radius 1 is 1.05 bits per heavy atom. The van der Waals surface area contributed by atoms with Crippen LogP contribution in [0.15, 0.2) is 70.5 Å². The van der Waals surface area contributed by atoms with Crippen molar-refractivity contribution in [1.82, 2.24) is 9.58 Å². The minimum absolute atomic E-state index is 0.424. The van der Waals surface area contributed by atoms with Crippen molar-refractivity contribution in [2.24, 2.45) is 0 Å². The Bertz CT molecular complexity index is 1410. The third-order valence-electron chi connectivity index (χ3n) is 6.50. The van der Waals surface area contributed by atoms with E-state index in [9.17, 15) is 27.6 Å². The molecule has 0 fully saturated rings. The van der Waals surface area contributed by atoms with E-state index in [1.54, 1.807) is 16.8 Å². The van der Waals surface area contributed by atoms with Crippen LogP contribution in [0.2, 0.25) is 0 Å². The van der Waals surface area contributed by atoms with E-state index in [0.29, 0.717) is 10.7 Å². The Kier molecular flexibility index (Phi) is 6.26. The molecule has 37 heavy (non-hydrogen) atoms. The summed E-state index contributed by atoms with van der Waals surface area (Å²) in [5, 5.41) is 1.61. The number of alkyl halides is 3. The molecule has 2 aliphatic heterocycles. The van der Waals surface area contributed by atoms with Crippen LogP contribution in [0.3, 0.4) is 0 Å². The standard InChI is InChI=1S/C26H22F3N3O4S/c1-15(26(27,28)29)30-14-32(31-12-11-20(34)24(36-16(2)33)23(31)25(30)35)22-18-8-4-3-7-17(18)13-37-21-10-6-5-9-19(21)22/h3-12,15,22H,13-14H2,1-2H3/t15-,22+/m0/s1. The van der Waals surface area contributed by atoms with Gasteiger partial charge in [-0.1, -0.05) is 42.5 Å². The Morgan fingerprint density at radius 3 is 2.43 bits per heavy atom. The van der Waals surface area contributed by atoms with Gasteiger partial charge in [0.25, 0.3) is 5.91 Å². The summed E-state index contributed by atoms with van der Waals surface area (Å²) in [4.78, 5) is 39.6. The summed E-state index contributed by atoms with van der Waals surface area (Å²) in [5.74, 6) is -1.88. The van der Waals surface area contributed by atoms with Crippen molar-refractivity contribution in [3.63, 3.8) is 0 Å². The number of ether oxygens (including phenoxy) is 1. The summed E-state index contributed by atoms with van der Waals surface area (Å²) < 4.78 is 48.2. The number of pyridine rings is 1. The molecule has 3 aromatic rings. The Morgan fingerprint density at radius 2 is 1.73 bits per heavy atom. The zero-order valence-corrected chi connectivity index (χ0v) is 20.7. The number of halogens is 3. The molecule has 0 spiro atoms. The van der Waals surface area contributed by atoms with Crippen LogP contribution in [-0.2, 0) is 10.5 Å². The second kappa shape index (κ2) is 9.29. The third kappa shape index (κ3) is 4.37. The Hall–Kier alpha value is -3.73. The normalized spacial score (nSPS) is 17.9. The van der Waals surface area contributed by atoms with Crippen LogP contribution in [0.25, 0.3) is 0 Å². The first-order valence-corrected chi connectivity index (χ1v) is 12.4. The second-order valence-electron chi connectivity index (χ2n) is 8.80. The summed E-state index contributed by atoms with van der Waals surface area (Å²) in [6.45, 7) is 1.52. The van der Waals surface area contributed by atoms with Gasteiger partial charge in [0.15, 0.2) is 5.69 Å². The van der Waals surface area contributed by atoms with Crippen LogP contribution in [0.4, 0.5) is 13.2 Å². The minimum atomic E-state index is -4.73. The lowest BCUT2D eigenvalue weighted by Gasteiger charge is -2.46. The van der Waals surface area contributed by atoms with E-state index in [1.165, 1.54) is 10.9 Å². The van der Waals surface area contributed by atoms with E-state index in [-0.39, 0.29) is 0 Å². The summed E-state index contributed by atoms with van der Waals surface area (Å²) in [6.07, 6.45) is -3.39. The van der Waals surface area contributed by atoms with Crippen LogP contribution in [0, 0.1) is 0 Å². The third-order valence-corrected chi connectivity index (χ3v) is 7.64. The highest BCUT2D eigenvalue weighted by Crippen LogP contribution is 2.43. The minimum Gasteiger partial charge on any atom is -0.420 e. The van der Waals surface area contributed by atoms with E-state index in [1.807, 2.05) is 48.5 Å². The van der Waals surface area contributed by atoms with Crippen molar-refractivity contribution < 1.29 is 27.5 Å². The molecule has 2 atom stereocenters. The molecule has 7 nitrogen and oxygen atoms in total. The Balaban J connectivity index is 1.79. The average molecular weight is 530 g/mol. The lowest BCUT2D eigenvalue weighted by molar-refractivity contribution is -0.173. The quantitative estimate of drug-likeness (QED) is 0.467. The highest BCUT2D eigenvalue weighted by molar-refractivity contribution is 7.98. The first-order chi connectivity index (χ1) is 17.6. The number of aromatic nitrogens is 1. The molecule has 0 aliphatic carbocycles. The molecule has 5 rings (SSSR count). The van der Waals surface area contributed by atoms with Gasteiger partial charge in [0.2, 0.25) is 11.2 Å². The fourth-order valence-electron chi connectivity index (χ4n) is 4.68. The van der Waals surface area contributed by atoms with Gasteiger partial charge in [0.1, 0.15) is 12.7 Å². The monoisotopic (exact) mass is 529 g/mol. The van der Waals surface area contributed by atoms with Crippen LogP contribution in [0.5, 0.6) is 5.75 Å². The fraction of sp³-hybridized carbons (Fsp3) is 0.269. The molecule has 192 valence electrons. The van der Waals surface area contributed by atoms with Crippen LogP contribution in [-0.4, -0.2) is 40.3 Å². The predicted octanol–water partition coefficient (Wildman–Crippen LogP) is 4.47. The van der Waals surface area contributed by atoms with Crippen molar-refractivity contribution in [2.45, 2.75) is 42.8 Å². The summed E-state index contributed by atoms with van der Waals surface area (Å²) in [5.41, 5.74) is 1.46. The topological polar surface area (TPSA) is 71.8 Å². The first kappa shape index (κ1) is 24.9. The number of benzene rings is 2. The number of hydrogen-bond donors (Lipinski definition) is 0. The SMILES string of the molecule is CC(=O)Oc1c2n(ccc1=O)N([C@@H]1c3ccccc3CSc3ccccc31)CN([C@@H](C)C(F)(F)F)C2=O. The molecule has 2 aromatic carbocycles. The fourth-order valence-corrected chi connectivity index (χ4v) is 5.78. The van der Waals surface area contributed by atoms with Gasteiger partial charge in [0, 0.05) is 29.8 Å². The molecule has 3 heterocycles. The smallest absolute Gasteiger partial charge is 0.408 e. The number of hydrogen-bond acceptors (Lipinski definition) is 6. The van der Waals surface area contributed by atoms with Crippen molar-refractivity contribution in [3.05, 3.63) is 93.4 Å². The van der Waals surface area contributed by atoms with E-state index >= 15 is 0 Å². The van der Waals surface area contributed by atoms with Crippen molar-refractivity contribution in [2.75, 3.05) is 11.7 Å². The van der Waals surface area contributed by atoms with E-state index < -0.39 is 53.7 Å². The lowest BCUT2D eigenvalue weighted by atomic mass is 9.94. The molecule has 0 N–H and O–H groups in total. The van der Waals surface area contributed by atoms with Crippen molar-refractivity contribution in [1.29, 1.82) is 0 Å². The Labute approximate surface area is 214 Å². The number of amides is 1. The summed E-state index contributed by atoms with van der Waals surface area (Å²) in [6, 6.07) is 13.6. The number of carbonyl (C=O) groups excluding carboxylic acids is 2. The molecular weight excluding hydrogens is 507 g/mol. The lowest BCUT2D eigenvalue weighted by Crippen LogP contribution is -2.60. The zero-order valence-electron chi connectivity index (χ0n) is 19.9. The van der Waals surface area contributed by atoms with Gasteiger partial charge < -0.3 is 9.64 Å². The van der Waals surface area contributed by atoms with Gasteiger partial charge in [-0.05, 0) is 29.7 Å². The molecule has 1 amide bonds. The number of nitrogens with zero attached hydrogens (tertiary/aromatic N) is 3. The van der Waals surface area contributed by atoms with E-state index in [4.69, 9.17) is 4.74 Å². The van der Waals surface area contributed by atoms with Gasteiger partial charge in [-0.15, -0.1) is 11.8 Å². The molecule has 0 saturated carbocycles. The first-order valence-electron chi connectivity index (χ1n) is 11.5. The molecule has 0 saturated heterocycles. The van der Waals surface area contributed by atoms with E-state index in [0.717, 1.165) is 41.5 Å². The summed E-state index contributed by atoms with van der Waals surface area (Å²) in [7, 11) is 0. The molecular formula is C26H22F3N3O4S. The van der Waals surface area contributed by atoms with E-state index in [2.05, 4.69) is 0 Å². The zero-order chi connectivity index (χ0) is 26.5. The summed E-state index contributed by atoms with van der Waals surface area (Å²) >= 11 is 1.61. The van der Waals surface area contributed by atoms with Gasteiger partial charge in [-0.2, -0.15) is 13.2 Å². The second-order valence-corrected chi connectivity index (χ2v) is 9.81. The molecule has 2 aliphatic rings. The van der Waals surface area contributed by atoms with Gasteiger partial charge in [-0.3, -0.25) is 24.1 Å². The van der Waals surface area contributed by atoms with Gasteiger partial charge >= 0.3 is 12.1 Å². The van der Waals surface area contributed by atoms with Gasteiger partial charge in [0.05, 0.1) is 6.04 Å². The van der Waals surface area contributed by atoms with Crippen LogP contribution in [0.1, 0.15) is 47.1 Å². The molecule has 0 bridgehead atoms.